The van der Waals surface area contributed by atoms with E-state index in [1.807, 2.05) is 18.2 Å². The van der Waals surface area contributed by atoms with Gasteiger partial charge in [-0.2, -0.15) is 0 Å². The number of halogens is 1. The summed E-state index contributed by atoms with van der Waals surface area (Å²) < 4.78 is 0. The minimum absolute atomic E-state index is 0.373. The Morgan fingerprint density at radius 1 is 0.941 bits per heavy atom. The molecular weight excluding hydrogens is 230 g/mol. The van der Waals surface area contributed by atoms with Crippen LogP contribution < -0.4 is 5.73 Å². The van der Waals surface area contributed by atoms with E-state index in [2.05, 4.69) is 36.4 Å². The molecule has 0 saturated heterocycles. The molecule has 0 fully saturated rings. The van der Waals surface area contributed by atoms with E-state index in [0.29, 0.717) is 12.5 Å². The summed E-state index contributed by atoms with van der Waals surface area (Å²) in [7, 11) is 0. The molecule has 2 heteroatoms. The molecule has 17 heavy (non-hydrogen) atoms. The molecule has 2 N–H and O–H groups in total. The van der Waals surface area contributed by atoms with Crippen LogP contribution in [-0.2, 0) is 6.42 Å². The largest absolute Gasteiger partial charge is 0.330 e. The van der Waals surface area contributed by atoms with Crippen molar-refractivity contribution in [2.24, 2.45) is 5.73 Å². The normalized spacial score (nSPS) is 12.4. The van der Waals surface area contributed by atoms with Crippen LogP contribution in [0, 0.1) is 0 Å². The molecule has 0 radical (unpaired) electrons. The van der Waals surface area contributed by atoms with Crippen LogP contribution in [0.5, 0.6) is 0 Å². The Labute approximate surface area is 107 Å². The SMILES string of the molecule is NCC(Cc1ccc(Cl)cc1)c1ccccc1. The van der Waals surface area contributed by atoms with Gasteiger partial charge in [0.15, 0.2) is 0 Å². The number of hydrogen-bond donors (Lipinski definition) is 1. The second-order valence-electron chi connectivity index (χ2n) is 4.17. The first kappa shape index (κ1) is 12.2. The number of nitrogens with two attached hydrogens (primary N) is 1. The summed E-state index contributed by atoms with van der Waals surface area (Å²) in [5.41, 5.74) is 8.42. The number of benzene rings is 2. The highest BCUT2D eigenvalue weighted by molar-refractivity contribution is 6.30. The molecule has 0 aliphatic carbocycles. The lowest BCUT2D eigenvalue weighted by Crippen LogP contribution is -2.14. The smallest absolute Gasteiger partial charge is 0.0406 e. The summed E-state index contributed by atoms with van der Waals surface area (Å²) in [6.45, 7) is 0.659. The lowest BCUT2D eigenvalue weighted by Gasteiger charge is -2.15. The Kier molecular flexibility index (Phi) is 4.18. The number of rotatable bonds is 4. The van der Waals surface area contributed by atoms with Gasteiger partial charge in [-0.25, -0.2) is 0 Å². The molecule has 0 bridgehead atoms. The second kappa shape index (κ2) is 5.85. The first-order valence-corrected chi connectivity index (χ1v) is 6.17. The van der Waals surface area contributed by atoms with Gasteiger partial charge in [0.2, 0.25) is 0 Å². The van der Waals surface area contributed by atoms with Crippen molar-refractivity contribution in [3.05, 3.63) is 70.7 Å². The van der Waals surface area contributed by atoms with E-state index >= 15 is 0 Å². The third-order valence-corrected chi connectivity index (χ3v) is 3.20. The van der Waals surface area contributed by atoms with Crippen molar-refractivity contribution >= 4 is 11.6 Å². The average molecular weight is 246 g/mol. The van der Waals surface area contributed by atoms with Gasteiger partial charge in [-0.15, -0.1) is 0 Å². The van der Waals surface area contributed by atoms with Gasteiger partial charge in [-0.3, -0.25) is 0 Å². The van der Waals surface area contributed by atoms with Gasteiger partial charge < -0.3 is 5.73 Å². The summed E-state index contributed by atoms with van der Waals surface area (Å²) in [6.07, 6.45) is 0.956. The van der Waals surface area contributed by atoms with Crippen LogP contribution in [0.3, 0.4) is 0 Å². The highest BCUT2D eigenvalue weighted by atomic mass is 35.5. The summed E-state index contributed by atoms with van der Waals surface area (Å²) in [4.78, 5) is 0. The first-order chi connectivity index (χ1) is 8.29. The molecule has 1 nitrogen and oxygen atoms in total. The fraction of sp³-hybridized carbons (Fsp3) is 0.200. The van der Waals surface area contributed by atoms with E-state index in [4.69, 9.17) is 17.3 Å². The van der Waals surface area contributed by atoms with Crippen molar-refractivity contribution in [1.29, 1.82) is 0 Å². The van der Waals surface area contributed by atoms with Crippen molar-refractivity contribution < 1.29 is 0 Å². The summed E-state index contributed by atoms with van der Waals surface area (Å²) in [5, 5.41) is 0.776. The van der Waals surface area contributed by atoms with Crippen LogP contribution in [0.25, 0.3) is 0 Å². The first-order valence-electron chi connectivity index (χ1n) is 5.79. The average Bonchev–Trinajstić information content (AvgIpc) is 2.39. The quantitative estimate of drug-likeness (QED) is 0.875. The minimum Gasteiger partial charge on any atom is -0.330 e. The van der Waals surface area contributed by atoms with Crippen LogP contribution in [0.15, 0.2) is 54.6 Å². The molecule has 1 unspecified atom stereocenters. The topological polar surface area (TPSA) is 26.0 Å². The van der Waals surface area contributed by atoms with Crippen molar-refractivity contribution in [1.82, 2.24) is 0 Å². The van der Waals surface area contributed by atoms with Gasteiger partial charge >= 0.3 is 0 Å². The lowest BCUT2D eigenvalue weighted by molar-refractivity contribution is 0.694. The molecule has 2 aromatic carbocycles. The van der Waals surface area contributed by atoms with E-state index in [0.717, 1.165) is 11.4 Å². The molecular formula is C15H16ClN. The standard InChI is InChI=1S/C15H16ClN/c16-15-8-6-12(7-9-15)10-14(11-17)13-4-2-1-3-5-13/h1-9,14H,10-11,17H2. The molecule has 0 aliphatic heterocycles. The van der Waals surface area contributed by atoms with Crippen molar-refractivity contribution in [2.75, 3.05) is 6.54 Å². The third kappa shape index (κ3) is 3.32. The van der Waals surface area contributed by atoms with Gasteiger partial charge in [0.1, 0.15) is 0 Å². The Hall–Kier alpha value is -1.31. The maximum atomic E-state index is 5.87. The summed E-state index contributed by atoms with van der Waals surface area (Å²) >= 11 is 5.87. The molecule has 1 atom stereocenters. The second-order valence-corrected chi connectivity index (χ2v) is 4.61. The molecule has 0 spiro atoms. The van der Waals surface area contributed by atoms with Crippen molar-refractivity contribution in [3.8, 4) is 0 Å². The summed E-state index contributed by atoms with van der Waals surface area (Å²) in [5.74, 6) is 0.373. The summed E-state index contributed by atoms with van der Waals surface area (Å²) in [6, 6.07) is 18.4. The molecule has 2 rings (SSSR count). The van der Waals surface area contributed by atoms with E-state index in [-0.39, 0.29) is 0 Å². The van der Waals surface area contributed by atoms with E-state index in [1.165, 1.54) is 11.1 Å². The Bertz CT molecular complexity index is 450. The Morgan fingerprint density at radius 3 is 2.18 bits per heavy atom. The van der Waals surface area contributed by atoms with Gasteiger partial charge in [0.25, 0.3) is 0 Å². The van der Waals surface area contributed by atoms with Crippen molar-refractivity contribution in [2.45, 2.75) is 12.3 Å². The highest BCUT2D eigenvalue weighted by Crippen LogP contribution is 2.20. The zero-order valence-corrected chi connectivity index (χ0v) is 10.4. The Balaban J connectivity index is 2.13. The van der Waals surface area contributed by atoms with Crippen LogP contribution >= 0.6 is 11.6 Å². The van der Waals surface area contributed by atoms with E-state index in [9.17, 15) is 0 Å². The highest BCUT2D eigenvalue weighted by Gasteiger charge is 2.09. The fourth-order valence-electron chi connectivity index (χ4n) is 1.97. The van der Waals surface area contributed by atoms with Crippen LogP contribution in [0.2, 0.25) is 5.02 Å². The van der Waals surface area contributed by atoms with Gasteiger partial charge in [0.05, 0.1) is 0 Å². The van der Waals surface area contributed by atoms with Gasteiger partial charge in [-0.1, -0.05) is 54.1 Å². The predicted octanol–water partition coefficient (Wildman–Crippen LogP) is 3.63. The maximum absolute atomic E-state index is 5.87. The predicted molar refractivity (Wildman–Crippen MR) is 73.4 cm³/mol. The zero-order chi connectivity index (χ0) is 12.1. The van der Waals surface area contributed by atoms with Gasteiger partial charge in [0, 0.05) is 10.9 Å². The molecule has 0 amide bonds. The van der Waals surface area contributed by atoms with E-state index < -0.39 is 0 Å². The fourth-order valence-corrected chi connectivity index (χ4v) is 2.09. The molecule has 0 heterocycles. The zero-order valence-electron chi connectivity index (χ0n) is 9.64. The van der Waals surface area contributed by atoms with Crippen LogP contribution in [0.4, 0.5) is 0 Å². The van der Waals surface area contributed by atoms with Gasteiger partial charge in [-0.05, 0) is 36.2 Å². The molecule has 88 valence electrons. The van der Waals surface area contributed by atoms with Crippen LogP contribution in [-0.4, -0.2) is 6.54 Å². The molecule has 0 saturated carbocycles. The van der Waals surface area contributed by atoms with E-state index in [1.54, 1.807) is 0 Å². The third-order valence-electron chi connectivity index (χ3n) is 2.95. The minimum atomic E-state index is 0.373. The molecule has 2 aromatic rings. The maximum Gasteiger partial charge on any atom is 0.0406 e. The number of hydrogen-bond acceptors (Lipinski definition) is 1. The monoisotopic (exact) mass is 245 g/mol. The molecule has 0 aliphatic rings. The van der Waals surface area contributed by atoms with Crippen LogP contribution in [0.1, 0.15) is 17.0 Å². The lowest BCUT2D eigenvalue weighted by atomic mass is 9.92. The van der Waals surface area contributed by atoms with Crippen molar-refractivity contribution in [3.63, 3.8) is 0 Å². The molecule has 0 aromatic heterocycles. The Morgan fingerprint density at radius 2 is 1.59 bits per heavy atom.